The zero-order valence-corrected chi connectivity index (χ0v) is 17.7. The van der Waals surface area contributed by atoms with Crippen LogP contribution in [-0.2, 0) is 9.53 Å². The minimum atomic E-state index is -0.385. The van der Waals surface area contributed by atoms with Gasteiger partial charge in [-0.15, -0.1) is 0 Å². The largest absolute Gasteiger partial charge is 0.379 e. The van der Waals surface area contributed by atoms with E-state index in [4.69, 9.17) is 4.74 Å². The highest BCUT2D eigenvalue weighted by Gasteiger charge is 2.27. The van der Waals surface area contributed by atoms with Crippen LogP contribution in [0.2, 0.25) is 0 Å². The molecule has 1 aliphatic rings. The average Bonchev–Trinajstić information content (AvgIpc) is 2.73. The molecular formula is C21H34FN5O2. The Bertz CT molecular complexity index is 660. The standard InChI is InChI=1S/C21H34FN5O2/c1-4-16(5-2)19(27-9-11-29-12-10-27)14-24-21(23-3)25-15-20(28)26-18-8-6-7-17(22)13-18/h6-8,13,16,19H,4-5,9-12,14-15H2,1-3H3,(H,26,28)(H2,23,24,25). The van der Waals surface area contributed by atoms with E-state index >= 15 is 0 Å². The molecule has 0 radical (unpaired) electrons. The minimum Gasteiger partial charge on any atom is -0.379 e. The molecule has 162 valence electrons. The molecule has 0 saturated carbocycles. The lowest BCUT2D eigenvalue weighted by Gasteiger charge is -2.39. The fourth-order valence-corrected chi connectivity index (χ4v) is 3.69. The monoisotopic (exact) mass is 407 g/mol. The highest BCUT2D eigenvalue weighted by Crippen LogP contribution is 2.19. The lowest BCUT2D eigenvalue weighted by atomic mass is 9.92. The van der Waals surface area contributed by atoms with Crippen LogP contribution in [0, 0.1) is 11.7 Å². The molecular weight excluding hydrogens is 373 g/mol. The molecule has 0 spiro atoms. The van der Waals surface area contributed by atoms with E-state index in [1.807, 2.05) is 0 Å². The molecule has 1 aliphatic heterocycles. The smallest absolute Gasteiger partial charge is 0.243 e. The number of anilines is 1. The summed E-state index contributed by atoms with van der Waals surface area (Å²) in [5.41, 5.74) is 0.431. The molecule has 1 atom stereocenters. The molecule has 8 heteroatoms. The van der Waals surface area contributed by atoms with E-state index in [9.17, 15) is 9.18 Å². The van der Waals surface area contributed by atoms with Gasteiger partial charge < -0.3 is 20.7 Å². The van der Waals surface area contributed by atoms with Crippen molar-refractivity contribution < 1.29 is 13.9 Å². The number of nitrogens with zero attached hydrogens (tertiary/aromatic N) is 2. The van der Waals surface area contributed by atoms with Crippen molar-refractivity contribution in [3.63, 3.8) is 0 Å². The van der Waals surface area contributed by atoms with Crippen molar-refractivity contribution in [1.82, 2.24) is 15.5 Å². The first kappa shape index (κ1) is 23.1. The lowest BCUT2D eigenvalue weighted by Crippen LogP contribution is -2.53. The van der Waals surface area contributed by atoms with Crippen LogP contribution in [0.1, 0.15) is 26.7 Å². The summed E-state index contributed by atoms with van der Waals surface area (Å²) in [5.74, 6) is 0.505. The predicted octanol–water partition coefficient (Wildman–Crippen LogP) is 2.07. The van der Waals surface area contributed by atoms with Crippen molar-refractivity contribution >= 4 is 17.6 Å². The molecule has 3 N–H and O–H groups in total. The molecule has 1 saturated heterocycles. The number of halogens is 1. The highest BCUT2D eigenvalue weighted by atomic mass is 19.1. The number of nitrogens with one attached hydrogen (secondary N) is 3. The third-order valence-electron chi connectivity index (χ3n) is 5.33. The maximum Gasteiger partial charge on any atom is 0.243 e. The van der Waals surface area contributed by atoms with Crippen molar-refractivity contribution in [2.24, 2.45) is 10.9 Å². The van der Waals surface area contributed by atoms with Crippen LogP contribution in [0.3, 0.4) is 0 Å². The van der Waals surface area contributed by atoms with Gasteiger partial charge in [-0.3, -0.25) is 14.7 Å². The quantitative estimate of drug-likeness (QED) is 0.432. The Morgan fingerprint density at radius 3 is 2.59 bits per heavy atom. The molecule has 1 aromatic carbocycles. The summed E-state index contributed by atoms with van der Waals surface area (Å²) in [7, 11) is 1.68. The van der Waals surface area contributed by atoms with Gasteiger partial charge in [-0.2, -0.15) is 0 Å². The van der Waals surface area contributed by atoms with Gasteiger partial charge in [-0.25, -0.2) is 4.39 Å². The van der Waals surface area contributed by atoms with E-state index in [1.165, 1.54) is 12.1 Å². The number of amides is 1. The van der Waals surface area contributed by atoms with E-state index in [-0.39, 0.29) is 18.3 Å². The summed E-state index contributed by atoms with van der Waals surface area (Å²) in [4.78, 5) is 18.8. The second-order valence-corrected chi connectivity index (χ2v) is 7.16. The van der Waals surface area contributed by atoms with Crippen LogP contribution in [0.15, 0.2) is 29.3 Å². The van der Waals surface area contributed by atoms with Crippen molar-refractivity contribution in [3.05, 3.63) is 30.1 Å². The van der Waals surface area contributed by atoms with Crippen LogP contribution in [0.5, 0.6) is 0 Å². The van der Waals surface area contributed by atoms with E-state index in [1.54, 1.807) is 19.2 Å². The first-order valence-electron chi connectivity index (χ1n) is 10.4. The molecule has 1 heterocycles. The Balaban J connectivity index is 1.85. The normalized spacial score (nSPS) is 16.5. The molecule has 7 nitrogen and oxygen atoms in total. The number of morpholine rings is 1. The third kappa shape index (κ3) is 7.62. The van der Waals surface area contributed by atoms with Crippen LogP contribution >= 0.6 is 0 Å². The van der Waals surface area contributed by atoms with E-state index in [2.05, 4.69) is 39.7 Å². The Kier molecular flexibility index (Phi) is 9.87. The van der Waals surface area contributed by atoms with Crippen LogP contribution < -0.4 is 16.0 Å². The Hall–Kier alpha value is -2.19. The van der Waals surface area contributed by atoms with E-state index in [0.717, 1.165) is 45.7 Å². The van der Waals surface area contributed by atoms with Gasteiger partial charge in [0.1, 0.15) is 5.82 Å². The SMILES string of the molecule is CCC(CC)C(CNC(=NC)NCC(=O)Nc1cccc(F)c1)N1CCOCC1. The number of rotatable bonds is 9. The Labute approximate surface area is 173 Å². The average molecular weight is 408 g/mol. The molecule has 1 unspecified atom stereocenters. The molecule has 0 aliphatic carbocycles. The summed E-state index contributed by atoms with van der Waals surface area (Å²) in [6.45, 7) is 8.65. The van der Waals surface area contributed by atoms with E-state index in [0.29, 0.717) is 23.6 Å². The first-order chi connectivity index (χ1) is 14.1. The molecule has 1 amide bonds. The molecule has 0 aromatic heterocycles. The maximum atomic E-state index is 13.2. The van der Waals surface area contributed by atoms with Gasteiger partial charge in [-0.05, 0) is 24.1 Å². The van der Waals surface area contributed by atoms with Gasteiger partial charge in [0.15, 0.2) is 5.96 Å². The summed E-state index contributed by atoms with van der Waals surface area (Å²) in [5, 5.41) is 9.06. The lowest BCUT2D eigenvalue weighted by molar-refractivity contribution is -0.115. The van der Waals surface area contributed by atoms with Gasteiger partial charge in [-0.1, -0.05) is 32.8 Å². The first-order valence-corrected chi connectivity index (χ1v) is 10.4. The molecule has 1 fully saturated rings. The van der Waals surface area contributed by atoms with Crippen LogP contribution in [-0.4, -0.2) is 69.2 Å². The van der Waals surface area contributed by atoms with Crippen LogP contribution in [0.4, 0.5) is 10.1 Å². The van der Waals surface area contributed by atoms with Gasteiger partial charge in [0, 0.05) is 38.4 Å². The highest BCUT2D eigenvalue weighted by molar-refractivity contribution is 5.94. The van der Waals surface area contributed by atoms with Crippen molar-refractivity contribution in [2.75, 3.05) is 51.8 Å². The number of guanidine groups is 1. The second kappa shape index (κ2) is 12.4. The zero-order valence-electron chi connectivity index (χ0n) is 17.7. The van der Waals surface area contributed by atoms with Crippen molar-refractivity contribution in [1.29, 1.82) is 0 Å². The fraction of sp³-hybridized carbons (Fsp3) is 0.619. The molecule has 29 heavy (non-hydrogen) atoms. The molecule has 0 bridgehead atoms. The summed E-state index contributed by atoms with van der Waals surface area (Å²) < 4.78 is 18.7. The zero-order chi connectivity index (χ0) is 21.1. The summed E-state index contributed by atoms with van der Waals surface area (Å²) in [6, 6.07) is 6.21. The molecule has 1 aromatic rings. The Morgan fingerprint density at radius 1 is 1.24 bits per heavy atom. The second-order valence-electron chi connectivity index (χ2n) is 7.16. The van der Waals surface area contributed by atoms with Crippen LogP contribution in [0.25, 0.3) is 0 Å². The number of benzene rings is 1. The van der Waals surface area contributed by atoms with Gasteiger partial charge >= 0.3 is 0 Å². The number of carbonyl (C=O) groups is 1. The third-order valence-corrected chi connectivity index (χ3v) is 5.33. The van der Waals surface area contributed by atoms with Gasteiger partial charge in [0.05, 0.1) is 19.8 Å². The number of carbonyl (C=O) groups excluding carboxylic acids is 1. The predicted molar refractivity (Wildman–Crippen MR) is 115 cm³/mol. The number of hydrogen-bond donors (Lipinski definition) is 3. The van der Waals surface area contributed by atoms with Crippen molar-refractivity contribution in [3.8, 4) is 0 Å². The van der Waals surface area contributed by atoms with Gasteiger partial charge in [0.2, 0.25) is 5.91 Å². The fourth-order valence-electron chi connectivity index (χ4n) is 3.69. The molecule has 2 rings (SSSR count). The van der Waals surface area contributed by atoms with Crippen molar-refractivity contribution in [2.45, 2.75) is 32.7 Å². The van der Waals surface area contributed by atoms with Gasteiger partial charge in [0.25, 0.3) is 0 Å². The Morgan fingerprint density at radius 2 is 1.97 bits per heavy atom. The number of aliphatic imine (C=N–C) groups is 1. The van der Waals surface area contributed by atoms with E-state index < -0.39 is 0 Å². The summed E-state index contributed by atoms with van der Waals surface area (Å²) >= 11 is 0. The number of hydrogen-bond acceptors (Lipinski definition) is 4. The topological polar surface area (TPSA) is 78.0 Å². The summed E-state index contributed by atoms with van der Waals surface area (Å²) in [6.07, 6.45) is 2.23. The number of ether oxygens (including phenoxy) is 1. The minimum absolute atomic E-state index is 0.0450. The maximum absolute atomic E-state index is 13.2.